The number of carbonyl (C=O) groups excluding carboxylic acids is 1. The van der Waals surface area contributed by atoms with Gasteiger partial charge >= 0.3 is 0 Å². The van der Waals surface area contributed by atoms with E-state index in [1.54, 1.807) is 10.9 Å². The summed E-state index contributed by atoms with van der Waals surface area (Å²) in [5.41, 5.74) is 7.68. The molecule has 20 heavy (non-hydrogen) atoms. The molecule has 0 aliphatic carbocycles. The van der Waals surface area contributed by atoms with Crippen molar-refractivity contribution in [3.05, 3.63) is 46.2 Å². The lowest BCUT2D eigenvalue weighted by Gasteiger charge is -2.08. The first kappa shape index (κ1) is 14.7. The number of rotatable bonds is 6. The van der Waals surface area contributed by atoms with Gasteiger partial charge in [0.05, 0.1) is 17.4 Å². The van der Waals surface area contributed by atoms with Crippen LogP contribution in [0.4, 0.5) is 0 Å². The van der Waals surface area contributed by atoms with E-state index in [2.05, 4.69) is 33.3 Å². The molecule has 0 unspecified atom stereocenters. The molecule has 0 aliphatic heterocycles. The highest BCUT2D eigenvalue weighted by Crippen LogP contribution is 2.21. The second-order valence-electron chi connectivity index (χ2n) is 4.49. The molecule has 2 rings (SSSR count). The maximum Gasteiger partial charge on any atom is 0.251 e. The van der Waals surface area contributed by atoms with Crippen molar-refractivity contribution in [2.45, 2.75) is 19.9 Å². The minimum atomic E-state index is -0.476. The molecule has 0 fully saturated rings. The van der Waals surface area contributed by atoms with Gasteiger partial charge < -0.3 is 11.1 Å². The maximum absolute atomic E-state index is 11.1. The quantitative estimate of drug-likeness (QED) is 0.794. The third-order valence-electron chi connectivity index (χ3n) is 2.91. The molecule has 1 aromatic heterocycles. The van der Waals surface area contributed by atoms with Gasteiger partial charge in [0.25, 0.3) is 5.91 Å². The van der Waals surface area contributed by atoms with E-state index in [-0.39, 0.29) is 0 Å². The molecule has 2 aromatic rings. The Morgan fingerprint density at radius 1 is 1.50 bits per heavy atom. The second kappa shape index (κ2) is 6.67. The van der Waals surface area contributed by atoms with E-state index in [1.807, 2.05) is 18.2 Å². The summed E-state index contributed by atoms with van der Waals surface area (Å²) >= 11 is 3.56. The summed E-state index contributed by atoms with van der Waals surface area (Å²) in [5.74, 6) is -0.476. The fourth-order valence-corrected chi connectivity index (χ4v) is 2.32. The van der Waals surface area contributed by atoms with Gasteiger partial charge in [-0.1, -0.05) is 28.9 Å². The lowest BCUT2D eigenvalue weighted by atomic mass is 10.2. The molecule has 1 aromatic carbocycles. The minimum absolute atomic E-state index is 0.398. The molecule has 1 heterocycles. The standard InChI is InChI=1S/C14H17BrN4O/c1-2-5-17-7-10-3-4-12(6-13(10)15)19-9-11(8-18-19)14(16)20/h3-4,6,8-9,17H,2,5,7H2,1H3,(H2,16,20). The van der Waals surface area contributed by atoms with E-state index < -0.39 is 5.91 Å². The lowest BCUT2D eigenvalue weighted by molar-refractivity contribution is 0.100. The zero-order valence-corrected chi connectivity index (χ0v) is 12.9. The van der Waals surface area contributed by atoms with Gasteiger partial charge in [-0.3, -0.25) is 4.79 Å². The Hall–Kier alpha value is -1.66. The molecule has 0 radical (unpaired) electrons. The van der Waals surface area contributed by atoms with E-state index in [0.29, 0.717) is 5.56 Å². The number of aromatic nitrogens is 2. The number of hydrogen-bond donors (Lipinski definition) is 2. The number of carbonyl (C=O) groups is 1. The molecule has 0 spiro atoms. The number of nitrogens with two attached hydrogens (primary N) is 1. The predicted octanol–water partition coefficient (Wildman–Crippen LogP) is 2.23. The van der Waals surface area contributed by atoms with Gasteiger partial charge in [-0.05, 0) is 30.7 Å². The first-order chi connectivity index (χ1) is 9.61. The second-order valence-corrected chi connectivity index (χ2v) is 5.34. The summed E-state index contributed by atoms with van der Waals surface area (Å²) < 4.78 is 2.64. The molecule has 0 atom stereocenters. The molecule has 1 amide bonds. The first-order valence-corrected chi connectivity index (χ1v) is 7.25. The Balaban J connectivity index is 2.17. The number of nitrogens with zero attached hydrogens (tertiary/aromatic N) is 2. The lowest BCUT2D eigenvalue weighted by Crippen LogP contribution is -2.14. The maximum atomic E-state index is 11.1. The van der Waals surface area contributed by atoms with Crippen LogP contribution in [0.1, 0.15) is 29.3 Å². The number of primary amides is 1. The number of amides is 1. The Labute approximate surface area is 126 Å². The summed E-state index contributed by atoms with van der Waals surface area (Å²) in [7, 11) is 0. The first-order valence-electron chi connectivity index (χ1n) is 6.45. The van der Waals surface area contributed by atoms with Gasteiger partial charge in [-0.2, -0.15) is 5.10 Å². The molecule has 3 N–H and O–H groups in total. The zero-order chi connectivity index (χ0) is 14.5. The number of nitrogens with one attached hydrogen (secondary N) is 1. The number of halogens is 1. The van der Waals surface area contributed by atoms with Crippen molar-refractivity contribution in [2.24, 2.45) is 5.73 Å². The molecule has 0 aliphatic rings. The van der Waals surface area contributed by atoms with Crippen LogP contribution in [-0.4, -0.2) is 22.2 Å². The Morgan fingerprint density at radius 2 is 2.30 bits per heavy atom. The Bertz CT molecular complexity index is 609. The van der Waals surface area contributed by atoms with Crippen LogP contribution >= 0.6 is 15.9 Å². The van der Waals surface area contributed by atoms with Crippen molar-refractivity contribution in [3.8, 4) is 5.69 Å². The third kappa shape index (κ3) is 3.46. The monoisotopic (exact) mass is 336 g/mol. The topological polar surface area (TPSA) is 72.9 Å². The van der Waals surface area contributed by atoms with Gasteiger partial charge in [-0.25, -0.2) is 4.68 Å². The summed E-state index contributed by atoms with van der Waals surface area (Å²) in [5, 5.41) is 7.49. The molecule has 6 heteroatoms. The van der Waals surface area contributed by atoms with Crippen molar-refractivity contribution in [1.29, 1.82) is 0 Å². The van der Waals surface area contributed by atoms with Crippen LogP contribution in [-0.2, 0) is 6.54 Å². The number of benzene rings is 1. The highest BCUT2D eigenvalue weighted by molar-refractivity contribution is 9.10. The molecule has 106 valence electrons. The fourth-order valence-electron chi connectivity index (χ4n) is 1.81. The summed E-state index contributed by atoms with van der Waals surface area (Å²) in [6, 6.07) is 5.97. The average Bonchev–Trinajstić information content (AvgIpc) is 2.90. The van der Waals surface area contributed by atoms with Crippen molar-refractivity contribution >= 4 is 21.8 Å². The van der Waals surface area contributed by atoms with Crippen molar-refractivity contribution in [3.63, 3.8) is 0 Å². The van der Waals surface area contributed by atoms with Crippen molar-refractivity contribution in [1.82, 2.24) is 15.1 Å². The van der Waals surface area contributed by atoms with E-state index >= 15 is 0 Å². The molecule has 5 nitrogen and oxygen atoms in total. The van der Waals surface area contributed by atoms with Crippen LogP contribution < -0.4 is 11.1 Å². The Kier molecular flexibility index (Phi) is 4.92. The van der Waals surface area contributed by atoms with Gasteiger partial charge in [0, 0.05) is 17.2 Å². The van der Waals surface area contributed by atoms with Gasteiger partial charge in [-0.15, -0.1) is 0 Å². The van der Waals surface area contributed by atoms with E-state index in [4.69, 9.17) is 5.73 Å². The van der Waals surface area contributed by atoms with Crippen LogP contribution in [0, 0.1) is 0 Å². The molecule has 0 saturated carbocycles. The molecule has 0 bridgehead atoms. The minimum Gasteiger partial charge on any atom is -0.366 e. The van der Waals surface area contributed by atoms with E-state index in [1.165, 1.54) is 11.8 Å². The normalized spacial score (nSPS) is 10.7. The fraction of sp³-hybridized carbons (Fsp3) is 0.286. The molecule has 0 saturated heterocycles. The van der Waals surface area contributed by atoms with Crippen LogP contribution in [0.5, 0.6) is 0 Å². The van der Waals surface area contributed by atoms with Crippen molar-refractivity contribution in [2.75, 3.05) is 6.54 Å². The van der Waals surface area contributed by atoms with Crippen LogP contribution in [0.2, 0.25) is 0 Å². The molecular formula is C14H17BrN4O. The zero-order valence-electron chi connectivity index (χ0n) is 11.3. The summed E-state index contributed by atoms with van der Waals surface area (Å²) in [4.78, 5) is 11.1. The highest BCUT2D eigenvalue weighted by atomic mass is 79.9. The molecular weight excluding hydrogens is 320 g/mol. The number of hydrogen-bond acceptors (Lipinski definition) is 3. The largest absolute Gasteiger partial charge is 0.366 e. The Morgan fingerprint density at radius 3 is 2.90 bits per heavy atom. The summed E-state index contributed by atoms with van der Waals surface area (Å²) in [6.07, 6.45) is 4.20. The smallest absolute Gasteiger partial charge is 0.251 e. The van der Waals surface area contributed by atoms with Gasteiger partial charge in [0.15, 0.2) is 0 Å². The average molecular weight is 337 g/mol. The van der Waals surface area contributed by atoms with E-state index in [9.17, 15) is 4.79 Å². The van der Waals surface area contributed by atoms with Crippen LogP contribution in [0.15, 0.2) is 35.1 Å². The van der Waals surface area contributed by atoms with E-state index in [0.717, 1.165) is 29.7 Å². The SMILES string of the molecule is CCCNCc1ccc(-n2cc(C(N)=O)cn2)cc1Br. The van der Waals surface area contributed by atoms with Gasteiger partial charge in [0.2, 0.25) is 0 Å². The van der Waals surface area contributed by atoms with Gasteiger partial charge in [0.1, 0.15) is 0 Å². The summed E-state index contributed by atoms with van der Waals surface area (Å²) in [6.45, 7) is 3.95. The van der Waals surface area contributed by atoms with Crippen LogP contribution in [0.25, 0.3) is 5.69 Å². The highest BCUT2D eigenvalue weighted by Gasteiger charge is 2.07. The third-order valence-corrected chi connectivity index (χ3v) is 3.65. The predicted molar refractivity (Wildman–Crippen MR) is 81.8 cm³/mol. The van der Waals surface area contributed by atoms with Crippen molar-refractivity contribution < 1.29 is 4.79 Å². The van der Waals surface area contributed by atoms with Crippen LogP contribution in [0.3, 0.4) is 0 Å².